The van der Waals surface area contributed by atoms with Crippen LogP contribution in [0.25, 0.3) is 0 Å². The average Bonchev–Trinajstić information content (AvgIpc) is 2.34. The molecule has 0 fully saturated rings. The number of nitrogens with one attached hydrogen (secondary N) is 1. The molecule has 1 aromatic rings. The van der Waals surface area contributed by atoms with Gasteiger partial charge in [-0.15, -0.1) is 12.3 Å². The van der Waals surface area contributed by atoms with Gasteiger partial charge in [-0.05, 0) is 31.0 Å². The van der Waals surface area contributed by atoms with Crippen LogP contribution in [0.1, 0.15) is 19.3 Å². The van der Waals surface area contributed by atoms with Gasteiger partial charge in [-0.1, -0.05) is 17.7 Å². The molecule has 1 rings (SSSR count). The Balaban J connectivity index is 2.34. The summed E-state index contributed by atoms with van der Waals surface area (Å²) >= 11 is 5.85. The molecule has 0 aliphatic rings. The third-order valence-corrected chi connectivity index (χ3v) is 2.59. The maximum absolute atomic E-state index is 5.85. The molecule has 1 unspecified atom stereocenters. The summed E-state index contributed by atoms with van der Waals surface area (Å²) in [5.74, 6) is 8.79. The van der Waals surface area contributed by atoms with Gasteiger partial charge < -0.3 is 4.74 Å². The van der Waals surface area contributed by atoms with E-state index >= 15 is 0 Å². The quantitative estimate of drug-likeness (QED) is 0.339. The Bertz CT molecular complexity index is 376. The highest BCUT2D eigenvalue weighted by Crippen LogP contribution is 2.17. The molecular formula is C13H17ClN2O. The van der Waals surface area contributed by atoms with Gasteiger partial charge in [0.05, 0.1) is 6.04 Å². The van der Waals surface area contributed by atoms with E-state index in [0.29, 0.717) is 11.6 Å². The molecule has 0 saturated carbocycles. The molecule has 4 heteroatoms. The Labute approximate surface area is 107 Å². The fourth-order valence-electron chi connectivity index (χ4n) is 1.42. The van der Waals surface area contributed by atoms with E-state index in [1.54, 1.807) is 12.1 Å². The molecule has 92 valence electrons. The Morgan fingerprint density at radius 2 is 2.35 bits per heavy atom. The standard InChI is InChI=1S/C13H17ClN2O/c1-2-3-4-7-12(16-15)10-17-13-8-5-6-11(14)9-13/h1,5-6,8-9,12,16H,3-4,7,10,15H2. The molecule has 0 radical (unpaired) electrons. The number of ether oxygens (including phenoxy) is 1. The van der Waals surface area contributed by atoms with Gasteiger partial charge in [-0.2, -0.15) is 0 Å². The zero-order valence-corrected chi connectivity index (χ0v) is 10.4. The third kappa shape index (κ3) is 5.60. The van der Waals surface area contributed by atoms with Crippen LogP contribution in [0.15, 0.2) is 24.3 Å². The summed E-state index contributed by atoms with van der Waals surface area (Å²) in [5, 5.41) is 0.659. The van der Waals surface area contributed by atoms with Crippen molar-refractivity contribution in [2.75, 3.05) is 6.61 Å². The van der Waals surface area contributed by atoms with Gasteiger partial charge in [0.25, 0.3) is 0 Å². The zero-order valence-electron chi connectivity index (χ0n) is 9.66. The van der Waals surface area contributed by atoms with E-state index in [4.69, 9.17) is 28.6 Å². The predicted molar refractivity (Wildman–Crippen MR) is 70.7 cm³/mol. The second-order valence-corrected chi connectivity index (χ2v) is 4.16. The monoisotopic (exact) mass is 252 g/mol. The number of hydrogen-bond donors (Lipinski definition) is 2. The summed E-state index contributed by atoms with van der Waals surface area (Å²) in [6, 6.07) is 7.39. The van der Waals surface area contributed by atoms with E-state index in [9.17, 15) is 0 Å². The Morgan fingerprint density at radius 1 is 1.53 bits per heavy atom. The first-order chi connectivity index (χ1) is 8.26. The van der Waals surface area contributed by atoms with Gasteiger partial charge in [-0.25, -0.2) is 0 Å². The first kappa shape index (κ1) is 13.9. The predicted octanol–water partition coefficient (Wildman–Crippen LogP) is 2.35. The molecule has 1 aromatic carbocycles. The van der Waals surface area contributed by atoms with Gasteiger partial charge in [0.2, 0.25) is 0 Å². The van der Waals surface area contributed by atoms with Crippen LogP contribution in [0, 0.1) is 12.3 Å². The van der Waals surface area contributed by atoms with E-state index in [-0.39, 0.29) is 6.04 Å². The highest BCUT2D eigenvalue weighted by atomic mass is 35.5. The number of hydrazine groups is 1. The highest BCUT2D eigenvalue weighted by molar-refractivity contribution is 6.30. The lowest BCUT2D eigenvalue weighted by Gasteiger charge is -2.16. The van der Waals surface area contributed by atoms with Crippen molar-refractivity contribution >= 4 is 11.6 Å². The molecule has 0 bridgehead atoms. The first-order valence-corrected chi connectivity index (χ1v) is 5.92. The minimum Gasteiger partial charge on any atom is -0.492 e. The van der Waals surface area contributed by atoms with Crippen LogP contribution in [0.2, 0.25) is 5.02 Å². The Kier molecular flexibility index (Phi) is 6.49. The molecule has 0 aliphatic carbocycles. The lowest BCUT2D eigenvalue weighted by Crippen LogP contribution is -2.39. The normalized spacial score (nSPS) is 11.8. The SMILES string of the molecule is C#CCCCC(COc1cccc(Cl)c1)NN. The van der Waals surface area contributed by atoms with E-state index < -0.39 is 0 Å². The van der Waals surface area contributed by atoms with Crippen LogP contribution < -0.4 is 16.0 Å². The maximum atomic E-state index is 5.85. The summed E-state index contributed by atoms with van der Waals surface area (Å²) < 4.78 is 5.59. The molecule has 0 aliphatic heterocycles. The highest BCUT2D eigenvalue weighted by Gasteiger charge is 2.07. The fraction of sp³-hybridized carbons (Fsp3) is 0.385. The number of rotatable bonds is 7. The summed E-state index contributed by atoms with van der Waals surface area (Å²) in [4.78, 5) is 0. The molecular weight excluding hydrogens is 236 g/mol. The number of terminal acetylenes is 1. The van der Waals surface area contributed by atoms with Gasteiger partial charge in [0.1, 0.15) is 12.4 Å². The summed E-state index contributed by atoms with van der Waals surface area (Å²) in [5.41, 5.74) is 2.72. The molecule has 0 saturated heterocycles. The van der Waals surface area contributed by atoms with Crippen molar-refractivity contribution in [2.45, 2.75) is 25.3 Å². The minimum absolute atomic E-state index is 0.0994. The zero-order chi connectivity index (χ0) is 12.5. The second kappa shape index (κ2) is 7.97. The number of hydrogen-bond acceptors (Lipinski definition) is 3. The lowest BCUT2D eigenvalue weighted by molar-refractivity contribution is 0.256. The number of nitrogens with two attached hydrogens (primary N) is 1. The van der Waals surface area contributed by atoms with Crippen LogP contribution >= 0.6 is 11.6 Å². The maximum Gasteiger partial charge on any atom is 0.120 e. The van der Waals surface area contributed by atoms with Crippen molar-refractivity contribution in [2.24, 2.45) is 5.84 Å². The molecule has 0 spiro atoms. The Morgan fingerprint density at radius 3 is 3.00 bits per heavy atom. The summed E-state index contributed by atoms with van der Waals surface area (Å²) in [7, 11) is 0. The van der Waals surface area contributed by atoms with Crippen molar-refractivity contribution in [1.82, 2.24) is 5.43 Å². The van der Waals surface area contributed by atoms with Gasteiger partial charge in [-0.3, -0.25) is 11.3 Å². The number of unbranched alkanes of at least 4 members (excludes halogenated alkanes) is 1. The second-order valence-electron chi connectivity index (χ2n) is 3.73. The first-order valence-electron chi connectivity index (χ1n) is 5.54. The molecule has 0 heterocycles. The van der Waals surface area contributed by atoms with E-state index in [1.165, 1.54) is 0 Å². The van der Waals surface area contributed by atoms with Crippen LogP contribution in [-0.4, -0.2) is 12.6 Å². The molecule has 3 N–H and O–H groups in total. The number of halogens is 1. The van der Waals surface area contributed by atoms with Crippen molar-refractivity contribution < 1.29 is 4.74 Å². The largest absolute Gasteiger partial charge is 0.492 e. The van der Waals surface area contributed by atoms with Crippen molar-refractivity contribution in [3.63, 3.8) is 0 Å². The average molecular weight is 253 g/mol. The van der Waals surface area contributed by atoms with Crippen LogP contribution in [0.4, 0.5) is 0 Å². The molecule has 0 amide bonds. The van der Waals surface area contributed by atoms with Crippen molar-refractivity contribution in [3.8, 4) is 18.1 Å². The van der Waals surface area contributed by atoms with Crippen LogP contribution in [-0.2, 0) is 0 Å². The third-order valence-electron chi connectivity index (χ3n) is 2.36. The van der Waals surface area contributed by atoms with E-state index in [0.717, 1.165) is 25.0 Å². The van der Waals surface area contributed by atoms with Gasteiger partial charge in [0, 0.05) is 11.4 Å². The lowest BCUT2D eigenvalue weighted by atomic mass is 10.1. The topological polar surface area (TPSA) is 47.3 Å². The molecule has 0 aromatic heterocycles. The van der Waals surface area contributed by atoms with E-state index in [1.807, 2.05) is 12.1 Å². The van der Waals surface area contributed by atoms with Gasteiger partial charge >= 0.3 is 0 Å². The molecule has 1 atom stereocenters. The summed E-state index contributed by atoms with van der Waals surface area (Å²) in [6.45, 7) is 0.501. The van der Waals surface area contributed by atoms with E-state index in [2.05, 4.69) is 11.3 Å². The summed E-state index contributed by atoms with van der Waals surface area (Å²) in [6.07, 6.45) is 7.77. The smallest absolute Gasteiger partial charge is 0.120 e. The fourth-order valence-corrected chi connectivity index (χ4v) is 1.60. The Hall–Kier alpha value is -1.21. The van der Waals surface area contributed by atoms with Crippen molar-refractivity contribution in [1.29, 1.82) is 0 Å². The van der Waals surface area contributed by atoms with Crippen molar-refractivity contribution in [3.05, 3.63) is 29.3 Å². The molecule has 3 nitrogen and oxygen atoms in total. The van der Waals surface area contributed by atoms with Gasteiger partial charge in [0.15, 0.2) is 0 Å². The minimum atomic E-state index is 0.0994. The number of benzene rings is 1. The van der Waals surface area contributed by atoms with Crippen LogP contribution in [0.5, 0.6) is 5.75 Å². The molecule has 17 heavy (non-hydrogen) atoms. The van der Waals surface area contributed by atoms with Crippen LogP contribution in [0.3, 0.4) is 0 Å².